The molecule has 0 atom stereocenters. The summed E-state index contributed by atoms with van der Waals surface area (Å²) in [5.74, 6) is -0.186. The lowest BCUT2D eigenvalue weighted by molar-refractivity contribution is -0.116. The molecule has 112 valence electrons. The monoisotopic (exact) mass is 299 g/mol. The molecule has 0 heterocycles. The van der Waals surface area contributed by atoms with Crippen LogP contribution < -0.4 is 16.0 Å². The van der Waals surface area contributed by atoms with Crippen LogP contribution in [0.2, 0.25) is 0 Å². The van der Waals surface area contributed by atoms with Crippen LogP contribution in [0.15, 0.2) is 24.3 Å². The zero-order valence-electron chi connectivity index (χ0n) is 11.9. The van der Waals surface area contributed by atoms with Gasteiger partial charge >= 0.3 is 0 Å². The number of amides is 2. The smallest absolute Gasteiger partial charge is 0.251 e. The Kier molecular flexibility index (Phi) is 9.41. The van der Waals surface area contributed by atoms with E-state index in [-0.39, 0.29) is 24.2 Å². The fourth-order valence-corrected chi connectivity index (χ4v) is 1.54. The highest BCUT2D eigenvalue weighted by molar-refractivity contribution is 5.97. The van der Waals surface area contributed by atoms with E-state index in [0.29, 0.717) is 30.8 Å². The number of rotatable bonds is 7. The minimum Gasteiger partial charge on any atom is -0.352 e. The van der Waals surface area contributed by atoms with Gasteiger partial charge in [0.25, 0.3) is 5.91 Å². The maximum absolute atomic E-state index is 11.8. The molecule has 0 saturated carbocycles. The predicted octanol–water partition coefficient (Wildman–Crippen LogP) is 1.80. The molecule has 0 saturated heterocycles. The molecule has 20 heavy (non-hydrogen) atoms. The summed E-state index contributed by atoms with van der Waals surface area (Å²) in [4.78, 5) is 23.4. The Morgan fingerprint density at radius 3 is 2.60 bits per heavy atom. The van der Waals surface area contributed by atoms with Crippen LogP contribution in [0, 0.1) is 0 Å². The van der Waals surface area contributed by atoms with Crippen molar-refractivity contribution in [3.63, 3.8) is 0 Å². The molecule has 0 unspecified atom stereocenters. The topological polar surface area (TPSA) is 70.2 Å². The van der Waals surface area contributed by atoms with E-state index >= 15 is 0 Å². The molecule has 0 aliphatic rings. The summed E-state index contributed by atoms with van der Waals surface area (Å²) in [5, 5.41) is 8.48. The van der Waals surface area contributed by atoms with Gasteiger partial charge in [-0.25, -0.2) is 0 Å². The van der Waals surface area contributed by atoms with E-state index in [4.69, 9.17) is 0 Å². The summed E-state index contributed by atoms with van der Waals surface area (Å²) in [7, 11) is 1.80. The quantitative estimate of drug-likeness (QED) is 0.719. The molecule has 0 fully saturated rings. The van der Waals surface area contributed by atoms with Crippen LogP contribution in [0.3, 0.4) is 0 Å². The van der Waals surface area contributed by atoms with Crippen molar-refractivity contribution < 1.29 is 9.59 Å². The first kappa shape index (κ1) is 18.4. The molecule has 0 aliphatic heterocycles. The van der Waals surface area contributed by atoms with Gasteiger partial charge in [-0.05, 0) is 31.7 Å². The van der Waals surface area contributed by atoms with Crippen LogP contribution in [0.5, 0.6) is 0 Å². The van der Waals surface area contributed by atoms with Crippen LogP contribution in [0.4, 0.5) is 5.69 Å². The second-order valence-electron chi connectivity index (χ2n) is 4.24. The number of carbonyl (C=O) groups is 2. The van der Waals surface area contributed by atoms with Crippen molar-refractivity contribution in [2.75, 3.05) is 25.5 Å². The van der Waals surface area contributed by atoms with E-state index in [1.165, 1.54) is 0 Å². The van der Waals surface area contributed by atoms with Crippen molar-refractivity contribution in [1.29, 1.82) is 0 Å². The fraction of sp³-hybridized carbons (Fsp3) is 0.429. The van der Waals surface area contributed by atoms with Crippen molar-refractivity contribution in [3.05, 3.63) is 29.8 Å². The molecule has 3 N–H and O–H groups in total. The molecular formula is C14H22ClN3O2. The summed E-state index contributed by atoms with van der Waals surface area (Å²) >= 11 is 0. The predicted molar refractivity (Wildman–Crippen MR) is 83.5 cm³/mol. The zero-order valence-corrected chi connectivity index (χ0v) is 12.7. The first-order valence-corrected chi connectivity index (χ1v) is 6.50. The summed E-state index contributed by atoms with van der Waals surface area (Å²) in [6, 6.07) is 6.94. The first-order chi connectivity index (χ1) is 9.17. The number of benzene rings is 1. The van der Waals surface area contributed by atoms with E-state index in [1.807, 2.05) is 6.92 Å². The normalized spacial score (nSPS) is 9.50. The van der Waals surface area contributed by atoms with Gasteiger partial charge in [0.2, 0.25) is 5.91 Å². The summed E-state index contributed by atoms with van der Waals surface area (Å²) < 4.78 is 0. The Morgan fingerprint density at radius 1 is 1.20 bits per heavy atom. The van der Waals surface area contributed by atoms with Crippen molar-refractivity contribution in [2.45, 2.75) is 19.8 Å². The van der Waals surface area contributed by atoms with Crippen molar-refractivity contribution in [2.24, 2.45) is 0 Å². The summed E-state index contributed by atoms with van der Waals surface area (Å²) in [6.45, 7) is 3.28. The number of nitrogens with one attached hydrogen (secondary N) is 3. The lowest BCUT2D eigenvalue weighted by atomic mass is 10.2. The van der Waals surface area contributed by atoms with Crippen LogP contribution in [-0.4, -0.2) is 32.0 Å². The third kappa shape index (κ3) is 6.54. The molecule has 0 radical (unpaired) electrons. The summed E-state index contributed by atoms with van der Waals surface area (Å²) in [5.41, 5.74) is 1.20. The van der Waals surface area contributed by atoms with E-state index in [1.54, 1.807) is 31.3 Å². The van der Waals surface area contributed by atoms with E-state index < -0.39 is 0 Å². The highest BCUT2D eigenvalue weighted by Crippen LogP contribution is 2.11. The van der Waals surface area contributed by atoms with Crippen molar-refractivity contribution >= 4 is 29.9 Å². The Balaban J connectivity index is 0.00000361. The third-order valence-electron chi connectivity index (χ3n) is 2.55. The highest BCUT2D eigenvalue weighted by Gasteiger charge is 2.06. The molecule has 2 amide bonds. The van der Waals surface area contributed by atoms with Crippen LogP contribution in [-0.2, 0) is 4.79 Å². The van der Waals surface area contributed by atoms with Crippen LogP contribution in [0.25, 0.3) is 0 Å². The van der Waals surface area contributed by atoms with E-state index in [2.05, 4.69) is 16.0 Å². The minimum atomic E-state index is -0.117. The maximum atomic E-state index is 11.8. The molecule has 1 aromatic carbocycles. The van der Waals surface area contributed by atoms with Gasteiger partial charge < -0.3 is 16.0 Å². The van der Waals surface area contributed by atoms with Crippen molar-refractivity contribution in [1.82, 2.24) is 10.6 Å². The standard InChI is InChI=1S/C14H21N3O2.ClH/c1-3-8-16-14(19)11-5-4-6-12(10-11)17-13(18)7-9-15-2;/h4-6,10,15H,3,7-9H2,1-2H3,(H,16,19)(H,17,18);1H. The average Bonchev–Trinajstić information content (AvgIpc) is 2.42. The fourth-order valence-electron chi connectivity index (χ4n) is 1.54. The zero-order chi connectivity index (χ0) is 14.1. The second kappa shape index (κ2) is 10.2. The second-order valence-corrected chi connectivity index (χ2v) is 4.24. The Morgan fingerprint density at radius 2 is 1.95 bits per heavy atom. The van der Waals surface area contributed by atoms with Crippen molar-refractivity contribution in [3.8, 4) is 0 Å². The minimum absolute atomic E-state index is 0. The molecular weight excluding hydrogens is 278 g/mol. The largest absolute Gasteiger partial charge is 0.352 e. The molecule has 0 aliphatic carbocycles. The van der Waals surface area contributed by atoms with Crippen LogP contribution >= 0.6 is 12.4 Å². The number of carbonyl (C=O) groups excluding carboxylic acids is 2. The average molecular weight is 300 g/mol. The Hall–Kier alpha value is -1.59. The highest BCUT2D eigenvalue weighted by atomic mass is 35.5. The van der Waals surface area contributed by atoms with Gasteiger partial charge in [-0.3, -0.25) is 9.59 Å². The molecule has 1 rings (SSSR count). The maximum Gasteiger partial charge on any atom is 0.251 e. The van der Waals surface area contributed by atoms with E-state index in [0.717, 1.165) is 6.42 Å². The third-order valence-corrected chi connectivity index (χ3v) is 2.55. The molecule has 1 aromatic rings. The molecule has 0 spiro atoms. The van der Waals surface area contributed by atoms with Gasteiger partial charge in [-0.2, -0.15) is 0 Å². The van der Waals surface area contributed by atoms with Crippen LogP contribution in [0.1, 0.15) is 30.1 Å². The molecule has 0 aromatic heterocycles. The van der Waals surface area contributed by atoms with Gasteiger partial charge in [-0.15, -0.1) is 12.4 Å². The Bertz CT molecular complexity index is 438. The lowest BCUT2D eigenvalue weighted by Gasteiger charge is -2.08. The SMILES string of the molecule is CCCNC(=O)c1cccc(NC(=O)CCNC)c1.Cl. The number of anilines is 1. The number of hydrogen-bond donors (Lipinski definition) is 3. The van der Waals surface area contributed by atoms with Gasteiger partial charge in [0.05, 0.1) is 0 Å². The lowest BCUT2D eigenvalue weighted by Crippen LogP contribution is -2.24. The molecule has 5 nitrogen and oxygen atoms in total. The van der Waals surface area contributed by atoms with Gasteiger partial charge in [0.15, 0.2) is 0 Å². The number of hydrogen-bond acceptors (Lipinski definition) is 3. The molecule has 6 heteroatoms. The Labute approximate surface area is 125 Å². The van der Waals surface area contributed by atoms with E-state index in [9.17, 15) is 9.59 Å². The van der Waals surface area contributed by atoms with Gasteiger partial charge in [0.1, 0.15) is 0 Å². The first-order valence-electron chi connectivity index (χ1n) is 6.50. The molecule has 0 bridgehead atoms. The van der Waals surface area contributed by atoms with Gasteiger partial charge in [0, 0.05) is 30.8 Å². The summed E-state index contributed by atoms with van der Waals surface area (Å²) in [6.07, 6.45) is 1.30. The van der Waals surface area contributed by atoms with Gasteiger partial charge in [-0.1, -0.05) is 13.0 Å². The number of halogens is 1.